The van der Waals surface area contributed by atoms with Gasteiger partial charge in [0.25, 0.3) is 0 Å². The number of unbranched alkanes of at least 4 members (excludes halogenated alkanes) is 2. The topological polar surface area (TPSA) is 0 Å². The van der Waals surface area contributed by atoms with E-state index in [2.05, 4.69) is 6.92 Å². The van der Waals surface area contributed by atoms with Crippen molar-refractivity contribution in [2.75, 3.05) is 5.88 Å². The summed E-state index contributed by atoms with van der Waals surface area (Å²) >= 11 is 23.8. The minimum absolute atomic E-state index is 0.0692. The second-order valence-electron chi connectivity index (χ2n) is 3.59. The van der Waals surface area contributed by atoms with Crippen molar-refractivity contribution in [1.29, 1.82) is 0 Å². The molecule has 0 bridgehead atoms. The fourth-order valence-electron chi connectivity index (χ4n) is 1.28. The third-order valence-electron chi connectivity index (χ3n) is 2.10. The Kier molecular flexibility index (Phi) is 9.02. The molecule has 0 spiro atoms. The molecule has 0 aromatic rings. The SMILES string of the molecule is CCCCCC(Cl)CC(Cl)(Cl)CCCl. The minimum atomic E-state index is -0.750. The van der Waals surface area contributed by atoms with Crippen LogP contribution in [0.3, 0.4) is 0 Å². The summed E-state index contributed by atoms with van der Waals surface area (Å²) < 4.78 is -0.750. The molecule has 0 aliphatic carbocycles. The summed E-state index contributed by atoms with van der Waals surface area (Å²) in [6.07, 6.45) is 5.77. The van der Waals surface area contributed by atoms with E-state index in [-0.39, 0.29) is 5.38 Å². The number of hydrogen-bond donors (Lipinski definition) is 0. The summed E-state index contributed by atoms with van der Waals surface area (Å²) in [5.74, 6) is 0.478. The van der Waals surface area contributed by atoms with E-state index in [1.165, 1.54) is 12.8 Å². The summed E-state index contributed by atoms with van der Waals surface area (Å²) in [5.41, 5.74) is 0. The van der Waals surface area contributed by atoms with E-state index in [1.807, 2.05) is 0 Å². The van der Waals surface area contributed by atoms with Crippen molar-refractivity contribution < 1.29 is 0 Å². The van der Waals surface area contributed by atoms with E-state index in [4.69, 9.17) is 46.4 Å². The summed E-state index contributed by atoms with van der Waals surface area (Å²) in [7, 11) is 0. The van der Waals surface area contributed by atoms with Gasteiger partial charge >= 0.3 is 0 Å². The number of alkyl halides is 4. The third-order valence-corrected chi connectivity index (χ3v) is 3.35. The number of hydrogen-bond acceptors (Lipinski definition) is 0. The molecule has 0 heterocycles. The molecular weight excluding hydrogens is 262 g/mol. The molecule has 0 aliphatic rings. The molecule has 0 saturated heterocycles. The monoisotopic (exact) mass is 278 g/mol. The van der Waals surface area contributed by atoms with Crippen LogP contribution in [0, 0.1) is 0 Å². The van der Waals surface area contributed by atoms with Gasteiger partial charge in [-0.2, -0.15) is 0 Å². The maximum absolute atomic E-state index is 6.12. The molecule has 0 nitrogen and oxygen atoms in total. The second kappa shape index (κ2) is 8.33. The highest BCUT2D eigenvalue weighted by atomic mass is 35.5. The van der Waals surface area contributed by atoms with Crippen molar-refractivity contribution in [1.82, 2.24) is 0 Å². The predicted molar refractivity (Wildman–Crippen MR) is 68.2 cm³/mol. The zero-order valence-corrected chi connectivity index (χ0v) is 11.6. The molecule has 0 aromatic carbocycles. The standard InChI is InChI=1S/C10H18Cl4/c1-2-3-4-5-9(12)8-10(13,14)6-7-11/h9H,2-8H2,1H3. The molecule has 0 amide bonds. The van der Waals surface area contributed by atoms with Gasteiger partial charge in [0.05, 0.1) is 0 Å². The summed E-state index contributed by atoms with van der Waals surface area (Å²) in [6.45, 7) is 2.17. The average Bonchev–Trinajstić information content (AvgIpc) is 2.03. The Hall–Kier alpha value is 1.16. The Balaban J connectivity index is 3.63. The van der Waals surface area contributed by atoms with E-state index in [9.17, 15) is 0 Å². The van der Waals surface area contributed by atoms with Crippen LogP contribution in [0.15, 0.2) is 0 Å². The molecule has 14 heavy (non-hydrogen) atoms. The van der Waals surface area contributed by atoms with Gasteiger partial charge in [-0.1, -0.05) is 26.2 Å². The Labute approximate surface area is 107 Å². The fraction of sp³-hybridized carbons (Fsp3) is 1.00. The van der Waals surface area contributed by atoms with Crippen molar-refractivity contribution in [3.05, 3.63) is 0 Å². The molecule has 0 rings (SSSR count). The molecule has 4 heteroatoms. The van der Waals surface area contributed by atoms with Gasteiger partial charge in [-0.15, -0.1) is 46.4 Å². The molecular formula is C10H18Cl4. The first kappa shape index (κ1) is 15.2. The maximum Gasteiger partial charge on any atom is 0.120 e. The molecule has 0 radical (unpaired) electrons. The van der Waals surface area contributed by atoms with Gasteiger partial charge in [-0.05, 0) is 19.3 Å². The lowest BCUT2D eigenvalue weighted by molar-refractivity contribution is 0.574. The van der Waals surface area contributed by atoms with Crippen molar-refractivity contribution in [3.63, 3.8) is 0 Å². The van der Waals surface area contributed by atoms with Gasteiger partial charge < -0.3 is 0 Å². The smallest absolute Gasteiger partial charge is 0.120 e. The van der Waals surface area contributed by atoms with Gasteiger partial charge in [0.2, 0.25) is 0 Å². The van der Waals surface area contributed by atoms with Crippen LogP contribution in [-0.2, 0) is 0 Å². The zero-order chi connectivity index (χ0) is 11.0. The minimum Gasteiger partial charge on any atom is -0.127 e. The summed E-state index contributed by atoms with van der Waals surface area (Å²) in [5, 5.41) is 0.0692. The molecule has 0 fully saturated rings. The molecule has 0 aliphatic heterocycles. The molecule has 0 aromatic heterocycles. The Bertz CT molecular complexity index is 136. The normalized spacial score (nSPS) is 14.4. The first-order valence-corrected chi connectivity index (χ1v) is 6.82. The van der Waals surface area contributed by atoms with Gasteiger partial charge in [0, 0.05) is 11.3 Å². The van der Waals surface area contributed by atoms with Crippen LogP contribution >= 0.6 is 46.4 Å². The average molecular weight is 280 g/mol. The van der Waals surface area contributed by atoms with Crippen LogP contribution in [-0.4, -0.2) is 15.6 Å². The maximum atomic E-state index is 6.12. The molecule has 0 N–H and O–H groups in total. The van der Waals surface area contributed by atoms with Gasteiger partial charge in [-0.3, -0.25) is 0 Å². The molecule has 0 saturated carbocycles. The van der Waals surface area contributed by atoms with E-state index in [1.54, 1.807) is 0 Å². The largest absolute Gasteiger partial charge is 0.127 e. The van der Waals surface area contributed by atoms with Crippen molar-refractivity contribution in [3.8, 4) is 0 Å². The highest BCUT2D eigenvalue weighted by Gasteiger charge is 2.26. The lowest BCUT2D eigenvalue weighted by atomic mass is 10.1. The van der Waals surface area contributed by atoms with Crippen molar-refractivity contribution in [2.45, 2.75) is 55.2 Å². The fourth-order valence-corrected chi connectivity index (χ4v) is 2.94. The highest BCUT2D eigenvalue weighted by molar-refractivity contribution is 6.49. The van der Waals surface area contributed by atoms with Crippen LogP contribution in [0.4, 0.5) is 0 Å². The Morgan fingerprint density at radius 1 is 1.21 bits per heavy atom. The van der Waals surface area contributed by atoms with Crippen molar-refractivity contribution >= 4 is 46.4 Å². The lowest BCUT2D eigenvalue weighted by Crippen LogP contribution is -2.19. The van der Waals surface area contributed by atoms with Crippen LogP contribution < -0.4 is 0 Å². The van der Waals surface area contributed by atoms with Crippen LogP contribution in [0.25, 0.3) is 0 Å². The van der Waals surface area contributed by atoms with Crippen molar-refractivity contribution in [2.24, 2.45) is 0 Å². The van der Waals surface area contributed by atoms with Crippen LogP contribution in [0.5, 0.6) is 0 Å². The van der Waals surface area contributed by atoms with Crippen LogP contribution in [0.2, 0.25) is 0 Å². The third kappa shape index (κ3) is 8.47. The van der Waals surface area contributed by atoms with Gasteiger partial charge in [0.15, 0.2) is 0 Å². The quantitative estimate of drug-likeness (QED) is 0.414. The Morgan fingerprint density at radius 2 is 1.86 bits per heavy atom. The lowest BCUT2D eigenvalue weighted by Gasteiger charge is -2.21. The highest BCUT2D eigenvalue weighted by Crippen LogP contribution is 2.34. The first-order chi connectivity index (χ1) is 6.52. The van der Waals surface area contributed by atoms with E-state index < -0.39 is 4.33 Å². The van der Waals surface area contributed by atoms with E-state index in [0.29, 0.717) is 18.7 Å². The molecule has 1 atom stereocenters. The van der Waals surface area contributed by atoms with Gasteiger partial charge in [-0.25, -0.2) is 0 Å². The predicted octanol–water partition coefficient (Wildman–Crippen LogP) is 5.37. The van der Waals surface area contributed by atoms with E-state index in [0.717, 1.165) is 12.8 Å². The first-order valence-electron chi connectivity index (χ1n) is 5.09. The molecule has 1 unspecified atom stereocenters. The summed E-state index contributed by atoms with van der Waals surface area (Å²) in [6, 6.07) is 0. The summed E-state index contributed by atoms with van der Waals surface area (Å²) in [4.78, 5) is 0. The number of halogens is 4. The zero-order valence-electron chi connectivity index (χ0n) is 8.54. The van der Waals surface area contributed by atoms with Gasteiger partial charge in [0.1, 0.15) is 4.33 Å². The Morgan fingerprint density at radius 3 is 2.36 bits per heavy atom. The van der Waals surface area contributed by atoms with E-state index >= 15 is 0 Å². The molecule has 86 valence electrons. The van der Waals surface area contributed by atoms with Crippen LogP contribution in [0.1, 0.15) is 45.4 Å². The number of rotatable bonds is 8. The second-order valence-corrected chi connectivity index (χ2v) is 6.23.